The molecule has 0 aliphatic heterocycles. The minimum Gasteiger partial charge on any atom is -0.455 e. The third-order valence-corrected chi connectivity index (χ3v) is 12.4. The van der Waals surface area contributed by atoms with Gasteiger partial charge in [0.05, 0.1) is 27.5 Å². The van der Waals surface area contributed by atoms with E-state index in [4.69, 9.17) is 19.4 Å². The second kappa shape index (κ2) is 14.0. The number of hydrogen-bond donors (Lipinski definition) is 0. The zero-order valence-corrected chi connectivity index (χ0v) is 33.9. The highest BCUT2D eigenvalue weighted by atomic mass is 16.3. The fourth-order valence-electron chi connectivity index (χ4n) is 9.44. The smallest absolute Gasteiger partial charge is 0.238 e. The van der Waals surface area contributed by atoms with Gasteiger partial charge in [0.1, 0.15) is 11.2 Å². The summed E-state index contributed by atoms with van der Waals surface area (Å²) in [6.07, 6.45) is 0. The molecule has 0 spiro atoms. The van der Waals surface area contributed by atoms with Crippen LogP contribution in [0.5, 0.6) is 0 Å². The monoisotopic (exact) mass is 805 g/mol. The Balaban J connectivity index is 0.918. The van der Waals surface area contributed by atoms with E-state index in [1.807, 2.05) is 66.7 Å². The highest BCUT2D eigenvalue weighted by molar-refractivity contribution is 6.24. The van der Waals surface area contributed by atoms with E-state index in [0.29, 0.717) is 17.6 Å². The van der Waals surface area contributed by atoms with Gasteiger partial charge in [0.2, 0.25) is 5.95 Å². The average molecular weight is 806 g/mol. The molecule has 9 aromatic carbocycles. The van der Waals surface area contributed by atoms with Crippen LogP contribution in [0.25, 0.3) is 122 Å². The Morgan fingerprint density at radius 3 is 1.57 bits per heavy atom. The Labute approximate surface area is 361 Å². The molecular weight excluding hydrogens is 771 g/mol. The van der Waals surface area contributed by atoms with E-state index in [2.05, 4.69) is 155 Å². The number of benzene rings is 9. The third-order valence-electron chi connectivity index (χ3n) is 12.4. The Hall–Kier alpha value is -8.61. The van der Waals surface area contributed by atoms with E-state index in [9.17, 15) is 0 Å². The van der Waals surface area contributed by atoms with Crippen molar-refractivity contribution in [2.75, 3.05) is 0 Å². The first-order valence-corrected chi connectivity index (χ1v) is 21.2. The molecule has 4 aromatic heterocycles. The van der Waals surface area contributed by atoms with Crippen LogP contribution in [0.1, 0.15) is 0 Å². The van der Waals surface area contributed by atoms with Gasteiger partial charge in [-0.15, -0.1) is 0 Å². The van der Waals surface area contributed by atoms with Crippen LogP contribution in [-0.2, 0) is 0 Å². The number of nitrogens with zero attached hydrogens (tertiary/aromatic N) is 5. The maximum absolute atomic E-state index is 6.59. The summed E-state index contributed by atoms with van der Waals surface area (Å²) in [7, 11) is 0. The molecule has 6 nitrogen and oxygen atoms in total. The Morgan fingerprint density at radius 1 is 0.317 bits per heavy atom. The first-order valence-electron chi connectivity index (χ1n) is 21.2. The summed E-state index contributed by atoms with van der Waals surface area (Å²) in [6, 6.07) is 74.5. The van der Waals surface area contributed by atoms with Crippen molar-refractivity contribution >= 4 is 65.6 Å². The van der Waals surface area contributed by atoms with Crippen LogP contribution in [-0.4, -0.2) is 24.1 Å². The van der Waals surface area contributed by atoms with Gasteiger partial charge in [-0.05, 0) is 76.9 Å². The second-order valence-electron chi connectivity index (χ2n) is 16.0. The quantitative estimate of drug-likeness (QED) is 0.168. The van der Waals surface area contributed by atoms with Crippen molar-refractivity contribution in [3.8, 4) is 56.7 Å². The van der Waals surface area contributed by atoms with Crippen molar-refractivity contribution in [1.82, 2.24) is 24.1 Å². The van der Waals surface area contributed by atoms with E-state index in [1.165, 1.54) is 0 Å². The van der Waals surface area contributed by atoms with Gasteiger partial charge in [0.15, 0.2) is 11.6 Å². The van der Waals surface area contributed by atoms with E-state index >= 15 is 0 Å². The van der Waals surface area contributed by atoms with Crippen LogP contribution in [0.15, 0.2) is 217 Å². The summed E-state index contributed by atoms with van der Waals surface area (Å²) in [5.74, 6) is 1.84. The molecular formula is C57H35N5O. The molecule has 0 saturated heterocycles. The predicted octanol–water partition coefficient (Wildman–Crippen LogP) is 14.6. The zero-order chi connectivity index (χ0) is 41.4. The first kappa shape index (κ1) is 35.2. The van der Waals surface area contributed by atoms with Crippen LogP contribution >= 0.6 is 0 Å². The number of hydrogen-bond acceptors (Lipinski definition) is 4. The van der Waals surface area contributed by atoms with E-state index in [0.717, 1.165) is 105 Å². The molecule has 13 rings (SSSR count). The predicted molar refractivity (Wildman–Crippen MR) is 258 cm³/mol. The molecule has 6 heteroatoms. The summed E-state index contributed by atoms with van der Waals surface area (Å²) < 4.78 is 11.1. The Bertz CT molecular complexity index is 3830. The minimum atomic E-state index is 0.580. The molecule has 0 saturated carbocycles. The SMILES string of the molecule is c1ccc(-c2nc(-c3ccccc3)nc(-n3c4ccccc4c4cc(-c5ccc(-c6ccc7c8c9oc%10ccccc%10c9ccc8n(-c8ccccc8)c7c6)cc5)ccc43)n2)cc1. The van der Waals surface area contributed by atoms with E-state index in [1.54, 1.807) is 0 Å². The normalized spacial score (nSPS) is 11.8. The van der Waals surface area contributed by atoms with Crippen LogP contribution in [0.3, 0.4) is 0 Å². The van der Waals surface area contributed by atoms with Crippen LogP contribution in [0.2, 0.25) is 0 Å². The van der Waals surface area contributed by atoms with E-state index < -0.39 is 0 Å². The average Bonchev–Trinajstić information content (AvgIpc) is 4.02. The lowest BCUT2D eigenvalue weighted by Crippen LogP contribution is -2.06. The molecule has 4 heterocycles. The highest BCUT2D eigenvalue weighted by Crippen LogP contribution is 2.42. The van der Waals surface area contributed by atoms with Crippen molar-refractivity contribution in [3.05, 3.63) is 212 Å². The van der Waals surface area contributed by atoms with Crippen molar-refractivity contribution in [2.24, 2.45) is 0 Å². The molecule has 0 unspecified atom stereocenters. The fraction of sp³-hybridized carbons (Fsp3) is 0. The van der Waals surface area contributed by atoms with Gasteiger partial charge in [-0.1, -0.05) is 158 Å². The molecule has 0 amide bonds. The van der Waals surface area contributed by atoms with Crippen LogP contribution in [0, 0.1) is 0 Å². The summed E-state index contributed by atoms with van der Waals surface area (Å²) >= 11 is 0. The number of rotatable bonds is 6. The van der Waals surface area contributed by atoms with Crippen LogP contribution < -0.4 is 0 Å². The molecule has 0 fully saturated rings. The lowest BCUT2D eigenvalue weighted by molar-refractivity contribution is 0.673. The van der Waals surface area contributed by atoms with Gasteiger partial charge < -0.3 is 8.98 Å². The van der Waals surface area contributed by atoms with Crippen molar-refractivity contribution in [1.29, 1.82) is 0 Å². The molecule has 294 valence electrons. The van der Waals surface area contributed by atoms with Crippen molar-refractivity contribution in [2.45, 2.75) is 0 Å². The largest absolute Gasteiger partial charge is 0.455 e. The maximum Gasteiger partial charge on any atom is 0.238 e. The summed E-state index contributed by atoms with van der Waals surface area (Å²) in [5.41, 5.74) is 13.7. The standard InChI is InChI=1S/C57H35N5O/c1-4-14-38(15-5-1)55-58-56(39-16-6-2-7-17-39)60-57(59-55)62-48-22-12-10-20-43(48)47-34-40(29-32-49(47)62)36-24-26-37(27-25-36)41-28-30-46-51(35-41)61(42-18-8-3-9-19-42)50-33-31-45-44-21-11-13-23-52(44)63-54(45)53(46)50/h1-35H. The number of fused-ring (bicyclic) bond motifs is 10. The minimum absolute atomic E-state index is 0.580. The molecule has 0 N–H and O–H groups in total. The number of para-hydroxylation sites is 3. The fourth-order valence-corrected chi connectivity index (χ4v) is 9.44. The van der Waals surface area contributed by atoms with Gasteiger partial charge in [0.25, 0.3) is 0 Å². The highest BCUT2D eigenvalue weighted by Gasteiger charge is 2.21. The lowest BCUT2D eigenvalue weighted by Gasteiger charge is -2.11. The topological polar surface area (TPSA) is 61.7 Å². The Morgan fingerprint density at radius 2 is 0.857 bits per heavy atom. The molecule has 0 atom stereocenters. The summed E-state index contributed by atoms with van der Waals surface area (Å²) in [4.78, 5) is 15.2. The first-order chi connectivity index (χ1) is 31.2. The number of aromatic nitrogens is 5. The van der Waals surface area contributed by atoms with Crippen molar-refractivity contribution < 1.29 is 4.42 Å². The van der Waals surface area contributed by atoms with Crippen LogP contribution in [0.4, 0.5) is 0 Å². The van der Waals surface area contributed by atoms with Gasteiger partial charge in [-0.25, -0.2) is 4.98 Å². The lowest BCUT2D eigenvalue weighted by atomic mass is 9.98. The maximum atomic E-state index is 6.59. The van der Waals surface area contributed by atoms with Gasteiger partial charge in [0, 0.05) is 43.7 Å². The summed E-state index contributed by atoms with van der Waals surface area (Å²) in [6.45, 7) is 0. The zero-order valence-electron chi connectivity index (χ0n) is 33.9. The Kier molecular flexibility index (Phi) is 7.80. The molecule has 0 radical (unpaired) electrons. The van der Waals surface area contributed by atoms with Crippen molar-refractivity contribution in [3.63, 3.8) is 0 Å². The summed E-state index contributed by atoms with van der Waals surface area (Å²) in [5, 5.41) is 6.83. The van der Waals surface area contributed by atoms with Gasteiger partial charge >= 0.3 is 0 Å². The van der Waals surface area contributed by atoms with Gasteiger partial charge in [-0.3, -0.25) is 4.57 Å². The molecule has 0 aliphatic carbocycles. The molecule has 63 heavy (non-hydrogen) atoms. The molecule has 0 bridgehead atoms. The molecule has 13 aromatic rings. The molecule has 0 aliphatic rings. The number of furan rings is 1. The van der Waals surface area contributed by atoms with E-state index in [-0.39, 0.29) is 0 Å². The second-order valence-corrected chi connectivity index (χ2v) is 16.0. The third kappa shape index (κ3) is 5.62. The van der Waals surface area contributed by atoms with Gasteiger partial charge in [-0.2, -0.15) is 9.97 Å².